The van der Waals surface area contributed by atoms with E-state index in [0.29, 0.717) is 34.3 Å². The summed E-state index contributed by atoms with van der Waals surface area (Å²) in [5, 5.41) is 7.36. The van der Waals surface area contributed by atoms with Crippen LogP contribution in [0.5, 0.6) is 5.75 Å². The minimum atomic E-state index is -0.844. The number of anilines is 1. The molecule has 0 unspecified atom stereocenters. The SMILES string of the molecule is CCn1nc(C(=O)Nc2c(C(=O)c3ccc(OC)cc3)oc3ccccc23)c(=O)c2cc(F)ccc21. The van der Waals surface area contributed by atoms with Crippen molar-refractivity contribution in [1.29, 1.82) is 0 Å². The Bertz CT molecular complexity index is 1700. The molecule has 3 aromatic carbocycles. The second kappa shape index (κ2) is 9.10. The highest BCUT2D eigenvalue weighted by Crippen LogP contribution is 2.33. The van der Waals surface area contributed by atoms with E-state index in [0.717, 1.165) is 6.07 Å². The molecular weight excluding hydrogens is 465 g/mol. The minimum absolute atomic E-state index is 0.0311. The van der Waals surface area contributed by atoms with Crippen LogP contribution in [0.4, 0.5) is 10.1 Å². The van der Waals surface area contributed by atoms with Crippen LogP contribution in [0.15, 0.2) is 75.9 Å². The number of ether oxygens (including phenoxy) is 1. The first-order valence-corrected chi connectivity index (χ1v) is 11.1. The number of hydrogen-bond acceptors (Lipinski definition) is 6. The van der Waals surface area contributed by atoms with Gasteiger partial charge in [-0.15, -0.1) is 0 Å². The zero-order valence-electron chi connectivity index (χ0n) is 19.4. The van der Waals surface area contributed by atoms with E-state index in [1.165, 1.54) is 23.9 Å². The molecule has 0 radical (unpaired) electrons. The van der Waals surface area contributed by atoms with Gasteiger partial charge in [-0.25, -0.2) is 4.39 Å². The van der Waals surface area contributed by atoms with Gasteiger partial charge in [0.05, 0.1) is 23.7 Å². The second-order valence-corrected chi connectivity index (χ2v) is 7.97. The number of carbonyl (C=O) groups is 2. The molecule has 0 saturated heterocycles. The van der Waals surface area contributed by atoms with Crippen LogP contribution in [-0.2, 0) is 6.54 Å². The van der Waals surface area contributed by atoms with Crippen LogP contribution >= 0.6 is 0 Å². The molecule has 9 heteroatoms. The maximum atomic E-state index is 13.9. The molecule has 5 aromatic rings. The third-order valence-corrected chi connectivity index (χ3v) is 5.82. The number of amides is 1. The van der Waals surface area contributed by atoms with E-state index < -0.39 is 28.6 Å². The van der Waals surface area contributed by atoms with Crippen LogP contribution < -0.4 is 15.5 Å². The Balaban J connectivity index is 1.61. The standard InChI is InChI=1S/C27H20FN3O5/c1-3-31-20-13-10-16(28)14-19(20)25(33)23(30-31)27(34)29-22-18-6-4-5-7-21(18)36-26(22)24(32)15-8-11-17(35-2)12-9-15/h4-14H,3H2,1-2H3,(H,29,34). The molecule has 0 aliphatic carbocycles. The van der Waals surface area contributed by atoms with Crippen molar-refractivity contribution in [3.8, 4) is 5.75 Å². The Labute approximate surface area is 203 Å². The number of carbonyl (C=O) groups excluding carboxylic acids is 2. The van der Waals surface area contributed by atoms with E-state index in [1.54, 1.807) is 55.5 Å². The fourth-order valence-corrected chi connectivity index (χ4v) is 4.03. The number of hydrogen-bond donors (Lipinski definition) is 1. The van der Waals surface area contributed by atoms with E-state index in [1.807, 2.05) is 0 Å². The molecule has 0 bridgehead atoms. The minimum Gasteiger partial charge on any atom is -0.497 e. The lowest BCUT2D eigenvalue weighted by molar-refractivity contribution is 0.101. The molecular formula is C27H20FN3O5. The number of aryl methyl sites for hydroxylation is 1. The van der Waals surface area contributed by atoms with Crippen LogP contribution in [0.2, 0.25) is 0 Å². The fraction of sp³-hybridized carbons (Fsp3) is 0.111. The van der Waals surface area contributed by atoms with Crippen molar-refractivity contribution in [2.45, 2.75) is 13.5 Å². The van der Waals surface area contributed by atoms with Crippen molar-refractivity contribution >= 4 is 39.2 Å². The zero-order chi connectivity index (χ0) is 25.4. The van der Waals surface area contributed by atoms with Crippen molar-refractivity contribution in [3.63, 3.8) is 0 Å². The predicted molar refractivity (Wildman–Crippen MR) is 132 cm³/mol. The maximum absolute atomic E-state index is 13.9. The molecule has 0 aliphatic heterocycles. The highest BCUT2D eigenvalue weighted by Gasteiger charge is 2.26. The number of fused-ring (bicyclic) bond motifs is 2. The number of nitrogens with zero attached hydrogens (tertiary/aromatic N) is 2. The number of rotatable bonds is 6. The van der Waals surface area contributed by atoms with Gasteiger partial charge in [0.2, 0.25) is 11.2 Å². The number of halogens is 1. The lowest BCUT2D eigenvalue weighted by atomic mass is 10.1. The van der Waals surface area contributed by atoms with Gasteiger partial charge in [0, 0.05) is 17.5 Å². The highest BCUT2D eigenvalue weighted by atomic mass is 19.1. The van der Waals surface area contributed by atoms with E-state index >= 15 is 0 Å². The van der Waals surface area contributed by atoms with Gasteiger partial charge in [-0.1, -0.05) is 12.1 Å². The summed E-state index contributed by atoms with van der Waals surface area (Å²) in [6.07, 6.45) is 0. The van der Waals surface area contributed by atoms with Crippen molar-refractivity contribution in [3.05, 3.63) is 99.8 Å². The summed E-state index contributed by atoms with van der Waals surface area (Å²) in [6, 6.07) is 17.0. The summed E-state index contributed by atoms with van der Waals surface area (Å²) in [5.41, 5.74) is 0.0670. The predicted octanol–water partition coefficient (Wildman–Crippen LogP) is 4.79. The summed E-state index contributed by atoms with van der Waals surface area (Å²) >= 11 is 0. The second-order valence-electron chi connectivity index (χ2n) is 7.97. The largest absolute Gasteiger partial charge is 0.497 e. The normalized spacial score (nSPS) is 11.1. The monoisotopic (exact) mass is 485 g/mol. The van der Waals surface area contributed by atoms with Crippen LogP contribution in [0, 0.1) is 5.82 Å². The summed E-state index contributed by atoms with van der Waals surface area (Å²) < 4.78 is 26.3. The number of ketones is 1. The molecule has 36 heavy (non-hydrogen) atoms. The van der Waals surface area contributed by atoms with Crippen molar-refractivity contribution in [1.82, 2.24) is 9.78 Å². The van der Waals surface area contributed by atoms with Gasteiger partial charge in [-0.05, 0) is 61.5 Å². The summed E-state index contributed by atoms with van der Waals surface area (Å²) in [7, 11) is 1.52. The Morgan fingerprint density at radius 3 is 2.53 bits per heavy atom. The average Bonchev–Trinajstić information content (AvgIpc) is 3.27. The fourth-order valence-electron chi connectivity index (χ4n) is 4.03. The first-order chi connectivity index (χ1) is 17.4. The molecule has 0 saturated carbocycles. The quantitative estimate of drug-likeness (QED) is 0.347. The summed E-state index contributed by atoms with van der Waals surface area (Å²) in [5.74, 6) is -1.44. The van der Waals surface area contributed by atoms with Crippen LogP contribution in [0.3, 0.4) is 0 Å². The highest BCUT2D eigenvalue weighted by molar-refractivity contribution is 6.18. The lowest BCUT2D eigenvalue weighted by Crippen LogP contribution is -2.27. The van der Waals surface area contributed by atoms with Gasteiger partial charge in [0.15, 0.2) is 11.5 Å². The van der Waals surface area contributed by atoms with Gasteiger partial charge >= 0.3 is 0 Å². The summed E-state index contributed by atoms with van der Waals surface area (Å²) in [4.78, 5) is 39.7. The average molecular weight is 485 g/mol. The van der Waals surface area contributed by atoms with Gasteiger partial charge in [-0.2, -0.15) is 5.10 Å². The Morgan fingerprint density at radius 2 is 1.81 bits per heavy atom. The first-order valence-electron chi connectivity index (χ1n) is 11.1. The molecule has 180 valence electrons. The number of methoxy groups -OCH3 is 1. The zero-order valence-corrected chi connectivity index (χ0v) is 19.4. The number of benzene rings is 3. The molecule has 2 heterocycles. The third kappa shape index (κ3) is 3.90. The van der Waals surface area contributed by atoms with Crippen LogP contribution in [0.1, 0.15) is 33.5 Å². The van der Waals surface area contributed by atoms with Gasteiger partial charge < -0.3 is 14.5 Å². The molecule has 0 fully saturated rings. The van der Waals surface area contributed by atoms with E-state index in [-0.39, 0.29) is 16.8 Å². The Kier molecular flexibility index (Phi) is 5.81. The van der Waals surface area contributed by atoms with E-state index in [9.17, 15) is 18.8 Å². The third-order valence-electron chi connectivity index (χ3n) is 5.82. The van der Waals surface area contributed by atoms with E-state index in [2.05, 4.69) is 10.4 Å². The molecule has 0 spiro atoms. The molecule has 0 aliphatic rings. The summed E-state index contributed by atoms with van der Waals surface area (Å²) in [6.45, 7) is 2.13. The Morgan fingerprint density at radius 1 is 1.06 bits per heavy atom. The van der Waals surface area contributed by atoms with E-state index in [4.69, 9.17) is 9.15 Å². The topological polar surface area (TPSA) is 103 Å². The molecule has 0 atom stereocenters. The molecule has 1 N–H and O–H groups in total. The molecule has 1 amide bonds. The smallest absolute Gasteiger partial charge is 0.280 e. The molecule has 2 aromatic heterocycles. The number of nitrogens with one attached hydrogen (secondary N) is 1. The Hall–Kier alpha value is -4.79. The van der Waals surface area contributed by atoms with Crippen molar-refractivity contribution < 1.29 is 23.1 Å². The number of para-hydroxylation sites is 1. The van der Waals surface area contributed by atoms with Crippen molar-refractivity contribution in [2.75, 3.05) is 12.4 Å². The van der Waals surface area contributed by atoms with Crippen LogP contribution in [-0.4, -0.2) is 28.6 Å². The van der Waals surface area contributed by atoms with Crippen molar-refractivity contribution in [2.24, 2.45) is 0 Å². The molecule has 5 rings (SSSR count). The van der Waals surface area contributed by atoms with Gasteiger partial charge in [0.1, 0.15) is 17.1 Å². The maximum Gasteiger partial charge on any atom is 0.280 e. The van der Waals surface area contributed by atoms with Gasteiger partial charge in [-0.3, -0.25) is 19.1 Å². The first kappa shape index (κ1) is 23.0. The number of aromatic nitrogens is 2. The number of furan rings is 1. The lowest BCUT2D eigenvalue weighted by Gasteiger charge is -2.11. The molecule has 8 nitrogen and oxygen atoms in total. The van der Waals surface area contributed by atoms with Crippen LogP contribution in [0.25, 0.3) is 21.9 Å². The van der Waals surface area contributed by atoms with Gasteiger partial charge in [0.25, 0.3) is 5.91 Å².